The van der Waals surface area contributed by atoms with Crippen LogP contribution >= 0.6 is 0 Å². The maximum atomic E-state index is 5.27. The number of fused-ring (bicyclic) bond motifs is 1. The van der Waals surface area contributed by atoms with Crippen molar-refractivity contribution in [1.29, 1.82) is 0 Å². The van der Waals surface area contributed by atoms with Gasteiger partial charge in [0, 0.05) is 18.5 Å². The van der Waals surface area contributed by atoms with Gasteiger partial charge in [0.15, 0.2) is 0 Å². The molecule has 1 aromatic heterocycles. The molecule has 1 heterocycles. The summed E-state index contributed by atoms with van der Waals surface area (Å²) in [4.78, 5) is 0. The third-order valence-electron chi connectivity index (χ3n) is 3.26. The first-order valence-electron chi connectivity index (χ1n) is 5.58. The number of hydrogen-bond acceptors (Lipinski definition) is 3. The molecule has 0 amide bonds. The molecule has 0 atom stereocenters. The zero-order valence-corrected chi connectivity index (χ0v) is 9.23. The molecule has 0 unspecified atom stereocenters. The minimum atomic E-state index is 0.429. The molecule has 1 aliphatic carbocycles. The van der Waals surface area contributed by atoms with E-state index >= 15 is 0 Å². The first-order valence-corrected chi connectivity index (χ1v) is 5.58. The molecule has 0 saturated heterocycles. The molecule has 0 radical (unpaired) electrons. The second kappa shape index (κ2) is 3.79. The van der Waals surface area contributed by atoms with Crippen LogP contribution in [0.25, 0.3) is 10.9 Å². The maximum Gasteiger partial charge on any atom is 0.0881 e. The summed E-state index contributed by atoms with van der Waals surface area (Å²) in [7, 11) is 1.77. The Balaban J connectivity index is 1.77. The normalized spacial score (nSPS) is 24.3. The summed E-state index contributed by atoms with van der Waals surface area (Å²) in [5.41, 5.74) is 2.22. The van der Waals surface area contributed by atoms with Crippen molar-refractivity contribution in [2.75, 3.05) is 12.4 Å². The lowest BCUT2D eigenvalue weighted by molar-refractivity contribution is 0.0329. The van der Waals surface area contributed by atoms with E-state index in [1.807, 2.05) is 12.3 Å². The van der Waals surface area contributed by atoms with Gasteiger partial charge in [-0.25, -0.2) is 0 Å². The molecule has 3 rings (SSSR count). The zero-order valence-electron chi connectivity index (χ0n) is 9.23. The second-order valence-electron chi connectivity index (χ2n) is 4.31. The van der Waals surface area contributed by atoms with E-state index in [-0.39, 0.29) is 0 Å². The van der Waals surface area contributed by atoms with E-state index in [4.69, 9.17) is 4.74 Å². The van der Waals surface area contributed by atoms with Crippen molar-refractivity contribution in [1.82, 2.24) is 10.2 Å². The molecule has 0 aliphatic heterocycles. The van der Waals surface area contributed by atoms with Crippen molar-refractivity contribution in [3.63, 3.8) is 0 Å². The summed E-state index contributed by atoms with van der Waals surface area (Å²) < 4.78 is 5.27. The van der Waals surface area contributed by atoms with Crippen LogP contribution in [0, 0.1) is 0 Å². The number of rotatable bonds is 3. The molecule has 1 saturated carbocycles. The molecule has 2 N–H and O–H groups in total. The molecule has 0 spiro atoms. The minimum Gasteiger partial charge on any atom is -0.381 e. The van der Waals surface area contributed by atoms with Gasteiger partial charge in [0.1, 0.15) is 0 Å². The fraction of sp³-hybridized carbons (Fsp3) is 0.417. The first kappa shape index (κ1) is 9.66. The number of anilines is 1. The number of nitrogens with zero attached hydrogens (tertiary/aromatic N) is 1. The predicted molar refractivity (Wildman–Crippen MR) is 63.5 cm³/mol. The van der Waals surface area contributed by atoms with E-state index in [1.165, 1.54) is 0 Å². The number of nitrogens with one attached hydrogen (secondary N) is 2. The lowest BCUT2D eigenvalue weighted by Gasteiger charge is -2.35. The van der Waals surface area contributed by atoms with Crippen molar-refractivity contribution in [2.45, 2.75) is 25.0 Å². The van der Waals surface area contributed by atoms with E-state index in [0.717, 1.165) is 29.4 Å². The van der Waals surface area contributed by atoms with Crippen LogP contribution in [0.3, 0.4) is 0 Å². The molecule has 4 nitrogen and oxygen atoms in total. The fourth-order valence-corrected chi connectivity index (χ4v) is 2.19. The Hall–Kier alpha value is -1.55. The van der Waals surface area contributed by atoms with Gasteiger partial charge < -0.3 is 10.1 Å². The van der Waals surface area contributed by atoms with Crippen LogP contribution in [-0.4, -0.2) is 29.5 Å². The number of hydrogen-bond donors (Lipinski definition) is 2. The highest BCUT2D eigenvalue weighted by Crippen LogP contribution is 2.28. The Kier molecular flexibility index (Phi) is 2.29. The summed E-state index contributed by atoms with van der Waals surface area (Å²) in [6.07, 6.45) is 4.44. The average Bonchev–Trinajstić information content (AvgIpc) is 2.71. The van der Waals surface area contributed by atoms with E-state index in [9.17, 15) is 0 Å². The van der Waals surface area contributed by atoms with Crippen LogP contribution < -0.4 is 5.32 Å². The van der Waals surface area contributed by atoms with Crippen molar-refractivity contribution in [2.24, 2.45) is 0 Å². The van der Waals surface area contributed by atoms with Gasteiger partial charge >= 0.3 is 0 Å². The number of methoxy groups -OCH3 is 1. The summed E-state index contributed by atoms with van der Waals surface area (Å²) in [5, 5.41) is 11.7. The summed E-state index contributed by atoms with van der Waals surface area (Å²) in [6.45, 7) is 0. The molecule has 84 valence electrons. The number of aromatic amines is 1. The van der Waals surface area contributed by atoms with Crippen molar-refractivity contribution >= 4 is 16.6 Å². The third-order valence-corrected chi connectivity index (χ3v) is 3.26. The van der Waals surface area contributed by atoms with Crippen molar-refractivity contribution in [3.05, 3.63) is 24.4 Å². The Morgan fingerprint density at radius 1 is 1.44 bits per heavy atom. The summed E-state index contributed by atoms with van der Waals surface area (Å²) in [5.74, 6) is 0. The smallest absolute Gasteiger partial charge is 0.0881 e. The highest BCUT2D eigenvalue weighted by Gasteiger charge is 2.29. The summed E-state index contributed by atoms with van der Waals surface area (Å²) in [6, 6.07) is 6.72. The first-order chi connectivity index (χ1) is 7.86. The van der Waals surface area contributed by atoms with E-state index in [2.05, 4.69) is 27.6 Å². The number of aromatic nitrogens is 2. The third kappa shape index (κ3) is 1.55. The van der Waals surface area contributed by atoms with Gasteiger partial charge in [-0.2, -0.15) is 5.10 Å². The Morgan fingerprint density at radius 2 is 2.31 bits per heavy atom. The Labute approximate surface area is 94.0 Å². The van der Waals surface area contributed by atoms with Crippen LogP contribution in [0.5, 0.6) is 0 Å². The molecular weight excluding hydrogens is 202 g/mol. The Morgan fingerprint density at radius 3 is 3.12 bits per heavy atom. The zero-order chi connectivity index (χ0) is 11.0. The van der Waals surface area contributed by atoms with Crippen LogP contribution in [0.15, 0.2) is 24.4 Å². The number of ether oxygens (including phenoxy) is 1. The number of H-pyrrole nitrogens is 1. The van der Waals surface area contributed by atoms with Crippen LogP contribution in [0.1, 0.15) is 12.8 Å². The van der Waals surface area contributed by atoms with Crippen molar-refractivity contribution < 1.29 is 4.74 Å². The molecule has 1 aromatic carbocycles. The molecule has 2 aromatic rings. The molecule has 16 heavy (non-hydrogen) atoms. The SMILES string of the molecule is COC1CC(Nc2cccc3cn[nH]c23)C1. The number of benzene rings is 1. The minimum absolute atomic E-state index is 0.429. The molecule has 1 fully saturated rings. The molecule has 1 aliphatic rings. The molecule has 0 bridgehead atoms. The van der Waals surface area contributed by atoms with Crippen LogP contribution in [0.2, 0.25) is 0 Å². The molecule has 4 heteroatoms. The Bertz CT molecular complexity index is 488. The van der Waals surface area contributed by atoms with Gasteiger partial charge in [-0.05, 0) is 18.9 Å². The van der Waals surface area contributed by atoms with Gasteiger partial charge in [0.2, 0.25) is 0 Å². The van der Waals surface area contributed by atoms with Gasteiger partial charge in [0.05, 0.1) is 23.5 Å². The van der Waals surface area contributed by atoms with Crippen LogP contribution in [-0.2, 0) is 4.74 Å². The van der Waals surface area contributed by atoms with Gasteiger partial charge in [-0.15, -0.1) is 0 Å². The predicted octanol–water partition coefficient (Wildman–Crippen LogP) is 2.15. The lowest BCUT2D eigenvalue weighted by atomic mass is 9.89. The summed E-state index contributed by atoms with van der Waals surface area (Å²) >= 11 is 0. The van der Waals surface area contributed by atoms with Crippen molar-refractivity contribution in [3.8, 4) is 0 Å². The van der Waals surface area contributed by atoms with Gasteiger partial charge in [0.25, 0.3) is 0 Å². The second-order valence-corrected chi connectivity index (χ2v) is 4.31. The largest absolute Gasteiger partial charge is 0.381 e. The van der Waals surface area contributed by atoms with Crippen LogP contribution in [0.4, 0.5) is 5.69 Å². The topological polar surface area (TPSA) is 49.9 Å². The lowest BCUT2D eigenvalue weighted by Crippen LogP contribution is -2.40. The molecular formula is C12H15N3O. The number of para-hydroxylation sites is 1. The standard InChI is InChI=1S/C12H15N3O/c1-16-10-5-9(6-10)14-11-4-2-3-8-7-13-15-12(8)11/h2-4,7,9-10,14H,5-6H2,1H3,(H,13,15). The van der Waals surface area contributed by atoms with E-state index in [0.29, 0.717) is 12.1 Å². The highest BCUT2D eigenvalue weighted by atomic mass is 16.5. The quantitative estimate of drug-likeness (QED) is 0.828. The van der Waals surface area contributed by atoms with E-state index in [1.54, 1.807) is 7.11 Å². The highest BCUT2D eigenvalue weighted by molar-refractivity contribution is 5.90. The fourth-order valence-electron chi connectivity index (χ4n) is 2.19. The van der Waals surface area contributed by atoms with Gasteiger partial charge in [-0.3, -0.25) is 5.10 Å². The van der Waals surface area contributed by atoms with Gasteiger partial charge in [-0.1, -0.05) is 12.1 Å². The monoisotopic (exact) mass is 217 g/mol. The maximum absolute atomic E-state index is 5.27. The van der Waals surface area contributed by atoms with E-state index < -0.39 is 0 Å². The average molecular weight is 217 g/mol.